The second-order valence-corrected chi connectivity index (χ2v) is 6.27. The molecule has 2 aliphatic carbocycles. The molecule has 0 radical (unpaired) electrons. The van der Waals surface area contributed by atoms with Gasteiger partial charge >= 0.3 is 12.0 Å². The van der Waals surface area contributed by atoms with Gasteiger partial charge in [-0.25, -0.2) is 4.79 Å². The largest absolute Gasteiger partial charge is 0.481 e. The molecule has 0 aromatic heterocycles. The molecular formula is C15H26N2O3. The molecule has 0 heterocycles. The SMILES string of the molecule is CCCCN(C(=O)NC1(CC(=O)O)CCCC1)C1CC1. The van der Waals surface area contributed by atoms with Crippen LogP contribution in [0.4, 0.5) is 4.79 Å². The molecule has 0 saturated heterocycles. The lowest BCUT2D eigenvalue weighted by Gasteiger charge is -2.32. The number of nitrogens with one attached hydrogen (secondary N) is 1. The molecule has 5 nitrogen and oxygen atoms in total. The van der Waals surface area contributed by atoms with E-state index in [9.17, 15) is 9.59 Å². The maximum Gasteiger partial charge on any atom is 0.318 e. The van der Waals surface area contributed by atoms with Crippen LogP contribution in [0.2, 0.25) is 0 Å². The number of nitrogens with zero attached hydrogens (tertiary/aromatic N) is 1. The number of carbonyl (C=O) groups is 2. The van der Waals surface area contributed by atoms with Gasteiger partial charge in [-0.1, -0.05) is 26.2 Å². The van der Waals surface area contributed by atoms with Gasteiger partial charge in [-0.3, -0.25) is 4.79 Å². The second-order valence-electron chi connectivity index (χ2n) is 6.27. The Labute approximate surface area is 120 Å². The summed E-state index contributed by atoms with van der Waals surface area (Å²) in [5, 5.41) is 12.1. The summed E-state index contributed by atoms with van der Waals surface area (Å²) >= 11 is 0. The van der Waals surface area contributed by atoms with E-state index in [1.165, 1.54) is 0 Å². The van der Waals surface area contributed by atoms with E-state index in [2.05, 4.69) is 12.2 Å². The maximum atomic E-state index is 12.5. The molecule has 0 bridgehead atoms. The molecule has 2 rings (SSSR count). The van der Waals surface area contributed by atoms with Gasteiger partial charge in [0.25, 0.3) is 0 Å². The number of amides is 2. The second kappa shape index (κ2) is 6.46. The van der Waals surface area contributed by atoms with Crippen molar-refractivity contribution in [3.05, 3.63) is 0 Å². The Morgan fingerprint density at radius 2 is 1.95 bits per heavy atom. The van der Waals surface area contributed by atoms with E-state index in [0.717, 1.165) is 57.9 Å². The number of carboxylic acid groups (broad SMARTS) is 1. The van der Waals surface area contributed by atoms with Crippen molar-refractivity contribution >= 4 is 12.0 Å². The Balaban J connectivity index is 1.97. The average molecular weight is 282 g/mol. The highest BCUT2D eigenvalue weighted by molar-refractivity contribution is 5.77. The first-order valence-electron chi connectivity index (χ1n) is 7.87. The maximum absolute atomic E-state index is 12.5. The Morgan fingerprint density at radius 3 is 2.45 bits per heavy atom. The minimum Gasteiger partial charge on any atom is -0.481 e. The smallest absolute Gasteiger partial charge is 0.318 e. The molecule has 2 aliphatic rings. The van der Waals surface area contributed by atoms with E-state index in [1.807, 2.05) is 4.90 Å². The van der Waals surface area contributed by atoms with E-state index in [-0.39, 0.29) is 12.5 Å². The molecule has 20 heavy (non-hydrogen) atoms. The standard InChI is InChI=1S/C15H26N2O3/c1-2-3-10-17(12-6-7-12)14(20)16-15(11-13(18)19)8-4-5-9-15/h12H,2-11H2,1H3,(H,16,20)(H,18,19). The lowest BCUT2D eigenvalue weighted by atomic mass is 9.93. The monoisotopic (exact) mass is 282 g/mol. The van der Waals surface area contributed by atoms with E-state index in [1.54, 1.807) is 0 Å². The highest BCUT2D eigenvalue weighted by Crippen LogP contribution is 2.34. The van der Waals surface area contributed by atoms with Crippen LogP contribution in [0.1, 0.15) is 64.7 Å². The summed E-state index contributed by atoms with van der Waals surface area (Å²) in [5.41, 5.74) is -0.512. The van der Waals surface area contributed by atoms with Gasteiger partial charge in [-0.2, -0.15) is 0 Å². The van der Waals surface area contributed by atoms with Crippen LogP contribution in [0.5, 0.6) is 0 Å². The number of unbranched alkanes of at least 4 members (excludes halogenated alkanes) is 1. The zero-order chi connectivity index (χ0) is 14.6. The Hall–Kier alpha value is -1.26. The number of aliphatic carboxylic acids is 1. The van der Waals surface area contributed by atoms with Crippen LogP contribution in [0, 0.1) is 0 Å². The van der Waals surface area contributed by atoms with Crippen LogP contribution in [-0.2, 0) is 4.79 Å². The van der Waals surface area contributed by atoms with Crippen molar-refractivity contribution in [1.82, 2.24) is 10.2 Å². The van der Waals surface area contributed by atoms with Crippen LogP contribution in [0.25, 0.3) is 0 Å². The topological polar surface area (TPSA) is 69.6 Å². The molecule has 5 heteroatoms. The number of carboxylic acids is 1. The Morgan fingerprint density at radius 1 is 1.30 bits per heavy atom. The van der Waals surface area contributed by atoms with Gasteiger partial charge in [0.2, 0.25) is 0 Å². The van der Waals surface area contributed by atoms with Crippen molar-refractivity contribution in [1.29, 1.82) is 0 Å². The average Bonchev–Trinajstić information content (AvgIpc) is 3.11. The third kappa shape index (κ3) is 3.87. The number of carbonyl (C=O) groups excluding carboxylic acids is 1. The summed E-state index contributed by atoms with van der Waals surface area (Å²) in [5.74, 6) is -0.821. The number of hydrogen-bond donors (Lipinski definition) is 2. The van der Waals surface area contributed by atoms with Crippen LogP contribution < -0.4 is 5.32 Å². The number of urea groups is 1. The van der Waals surface area contributed by atoms with Gasteiger partial charge in [-0.15, -0.1) is 0 Å². The normalized spacial score (nSPS) is 20.6. The molecule has 0 aromatic rings. The van der Waals surface area contributed by atoms with E-state index in [4.69, 9.17) is 5.11 Å². The fraction of sp³-hybridized carbons (Fsp3) is 0.867. The lowest BCUT2D eigenvalue weighted by molar-refractivity contribution is -0.138. The highest BCUT2D eigenvalue weighted by atomic mass is 16.4. The quantitative estimate of drug-likeness (QED) is 0.754. The van der Waals surface area contributed by atoms with Gasteiger partial charge in [-0.05, 0) is 32.1 Å². The molecule has 114 valence electrons. The summed E-state index contributed by atoms with van der Waals surface area (Å²) in [6.45, 7) is 2.90. The fourth-order valence-corrected chi connectivity index (χ4v) is 3.15. The van der Waals surface area contributed by atoms with E-state index < -0.39 is 11.5 Å². The van der Waals surface area contributed by atoms with Gasteiger partial charge in [0.1, 0.15) is 0 Å². The lowest BCUT2D eigenvalue weighted by Crippen LogP contribution is -2.53. The van der Waals surface area contributed by atoms with Crippen molar-refractivity contribution in [2.75, 3.05) is 6.54 Å². The summed E-state index contributed by atoms with van der Waals surface area (Å²) in [6, 6.07) is 0.328. The van der Waals surface area contributed by atoms with Crippen molar-refractivity contribution in [2.24, 2.45) is 0 Å². The minimum absolute atomic E-state index is 0.0467. The molecule has 0 aliphatic heterocycles. The van der Waals surface area contributed by atoms with Crippen molar-refractivity contribution < 1.29 is 14.7 Å². The molecule has 2 N–H and O–H groups in total. The van der Waals surface area contributed by atoms with Gasteiger partial charge < -0.3 is 15.3 Å². The van der Waals surface area contributed by atoms with Crippen LogP contribution in [0.3, 0.4) is 0 Å². The van der Waals surface area contributed by atoms with Gasteiger partial charge in [0, 0.05) is 12.6 Å². The predicted octanol–water partition coefficient (Wildman–Crippen LogP) is 2.75. The minimum atomic E-state index is -0.821. The summed E-state index contributed by atoms with van der Waals surface area (Å²) in [4.78, 5) is 25.5. The Kier molecular flexibility index (Phi) is 4.89. The first kappa shape index (κ1) is 15.1. The molecule has 2 saturated carbocycles. The van der Waals surface area contributed by atoms with Crippen LogP contribution in [-0.4, -0.2) is 40.1 Å². The number of hydrogen-bond acceptors (Lipinski definition) is 2. The van der Waals surface area contributed by atoms with Crippen molar-refractivity contribution in [2.45, 2.75) is 76.3 Å². The molecule has 0 atom stereocenters. The zero-order valence-corrected chi connectivity index (χ0v) is 12.4. The first-order valence-corrected chi connectivity index (χ1v) is 7.87. The summed E-state index contributed by atoms with van der Waals surface area (Å²) in [7, 11) is 0. The van der Waals surface area contributed by atoms with Crippen molar-refractivity contribution in [3.8, 4) is 0 Å². The molecule has 0 aromatic carbocycles. The molecule has 0 unspecified atom stereocenters. The third-order valence-corrected chi connectivity index (χ3v) is 4.42. The third-order valence-electron chi connectivity index (χ3n) is 4.42. The van der Waals surface area contributed by atoms with E-state index >= 15 is 0 Å². The van der Waals surface area contributed by atoms with Crippen LogP contribution in [0.15, 0.2) is 0 Å². The fourth-order valence-electron chi connectivity index (χ4n) is 3.15. The van der Waals surface area contributed by atoms with E-state index in [0.29, 0.717) is 6.04 Å². The Bertz CT molecular complexity index is 360. The van der Waals surface area contributed by atoms with Gasteiger partial charge in [0.15, 0.2) is 0 Å². The predicted molar refractivity (Wildman–Crippen MR) is 76.6 cm³/mol. The molecular weight excluding hydrogens is 256 g/mol. The first-order chi connectivity index (χ1) is 9.56. The highest BCUT2D eigenvalue weighted by Gasteiger charge is 2.40. The van der Waals surface area contributed by atoms with Crippen molar-refractivity contribution in [3.63, 3.8) is 0 Å². The summed E-state index contributed by atoms with van der Waals surface area (Å²) < 4.78 is 0. The molecule has 2 fully saturated rings. The number of rotatable bonds is 7. The molecule has 0 spiro atoms. The summed E-state index contributed by atoms with van der Waals surface area (Å²) in [6.07, 6.45) is 7.89. The van der Waals surface area contributed by atoms with Crippen LogP contribution >= 0.6 is 0 Å². The molecule has 2 amide bonds. The van der Waals surface area contributed by atoms with Gasteiger partial charge in [0.05, 0.1) is 12.0 Å². The zero-order valence-electron chi connectivity index (χ0n) is 12.4.